The molecule has 1 aromatic rings. The number of amides is 1. The molecule has 1 aliphatic rings. The summed E-state index contributed by atoms with van der Waals surface area (Å²) in [6.07, 6.45) is 1.88. The second kappa shape index (κ2) is 5.13. The highest BCUT2D eigenvalue weighted by Crippen LogP contribution is 2.39. The zero-order valence-electron chi connectivity index (χ0n) is 12.0. The SMILES string of the molecule is CC(c1cc(F)ccc1F)N(C)C(=O)C(C)(N)C1CC1. The number of benzene rings is 1. The number of likely N-dealkylation sites (N-methyl/N-ethyl adjacent to an activating group) is 1. The Morgan fingerprint density at radius 1 is 1.45 bits per heavy atom. The van der Waals surface area contributed by atoms with Crippen molar-refractivity contribution < 1.29 is 13.6 Å². The fourth-order valence-electron chi connectivity index (χ4n) is 2.46. The minimum Gasteiger partial charge on any atom is -0.337 e. The maximum absolute atomic E-state index is 13.8. The van der Waals surface area contributed by atoms with E-state index in [0.717, 1.165) is 31.0 Å². The average Bonchev–Trinajstić information content (AvgIpc) is 3.23. The van der Waals surface area contributed by atoms with Crippen LogP contribution in [0.3, 0.4) is 0 Å². The smallest absolute Gasteiger partial charge is 0.242 e. The van der Waals surface area contributed by atoms with Crippen LogP contribution in [0.1, 0.15) is 38.3 Å². The van der Waals surface area contributed by atoms with Gasteiger partial charge in [0, 0.05) is 12.6 Å². The molecule has 5 heteroatoms. The molecule has 0 aliphatic heterocycles. The zero-order chi connectivity index (χ0) is 15.1. The minimum absolute atomic E-state index is 0.160. The zero-order valence-corrected chi connectivity index (χ0v) is 12.0. The summed E-state index contributed by atoms with van der Waals surface area (Å²) in [4.78, 5) is 13.8. The Labute approximate surface area is 117 Å². The predicted molar refractivity (Wildman–Crippen MR) is 72.9 cm³/mol. The lowest BCUT2D eigenvalue weighted by molar-refractivity contribution is -0.137. The first-order valence-corrected chi connectivity index (χ1v) is 6.76. The van der Waals surface area contributed by atoms with Gasteiger partial charge >= 0.3 is 0 Å². The highest BCUT2D eigenvalue weighted by Gasteiger charge is 2.46. The lowest BCUT2D eigenvalue weighted by Crippen LogP contribution is -2.54. The van der Waals surface area contributed by atoms with Crippen molar-refractivity contribution in [2.45, 2.75) is 38.3 Å². The second-order valence-corrected chi connectivity index (χ2v) is 5.81. The Balaban J connectivity index is 2.21. The van der Waals surface area contributed by atoms with Crippen molar-refractivity contribution in [2.75, 3.05) is 7.05 Å². The summed E-state index contributed by atoms with van der Waals surface area (Å²) in [5, 5.41) is 0. The van der Waals surface area contributed by atoms with Gasteiger partial charge in [-0.15, -0.1) is 0 Å². The van der Waals surface area contributed by atoms with E-state index < -0.39 is 23.2 Å². The molecule has 2 atom stereocenters. The van der Waals surface area contributed by atoms with Gasteiger partial charge in [-0.2, -0.15) is 0 Å². The summed E-state index contributed by atoms with van der Waals surface area (Å²) in [6.45, 7) is 3.37. The van der Waals surface area contributed by atoms with Gasteiger partial charge in [-0.25, -0.2) is 8.78 Å². The van der Waals surface area contributed by atoms with Gasteiger partial charge in [0.05, 0.1) is 11.6 Å². The van der Waals surface area contributed by atoms with Crippen molar-refractivity contribution in [3.63, 3.8) is 0 Å². The Morgan fingerprint density at radius 3 is 2.60 bits per heavy atom. The number of hydrogen-bond acceptors (Lipinski definition) is 2. The molecule has 0 saturated heterocycles. The summed E-state index contributed by atoms with van der Waals surface area (Å²) in [5.74, 6) is -1.10. The molecule has 1 aromatic carbocycles. The number of carbonyl (C=O) groups excluding carboxylic acids is 1. The third kappa shape index (κ3) is 2.68. The normalized spacial score (nSPS) is 19.3. The molecule has 0 radical (unpaired) electrons. The molecular weight excluding hydrogens is 262 g/mol. The van der Waals surface area contributed by atoms with Crippen molar-refractivity contribution in [1.82, 2.24) is 4.90 Å². The van der Waals surface area contributed by atoms with Crippen LogP contribution in [0.2, 0.25) is 0 Å². The molecule has 0 spiro atoms. The number of rotatable bonds is 4. The topological polar surface area (TPSA) is 46.3 Å². The molecule has 2 rings (SSSR count). The molecule has 0 bridgehead atoms. The van der Waals surface area contributed by atoms with Gasteiger partial charge in [0.1, 0.15) is 11.6 Å². The molecule has 2 N–H and O–H groups in total. The third-order valence-electron chi connectivity index (χ3n) is 4.20. The molecule has 1 fully saturated rings. The van der Waals surface area contributed by atoms with Crippen LogP contribution in [0.15, 0.2) is 18.2 Å². The summed E-state index contributed by atoms with van der Waals surface area (Å²) in [6, 6.07) is 2.68. The van der Waals surface area contributed by atoms with E-state index in [1.54, 1.807) is 20.9 Å². The van der Waals surface area contributed by atoms with Gasteiger partial charge in [0.15, 0.2) is 0 Å². The number of halogens is 2. The lowest BCUT2D eigenvalue weighted by atomic mass is 9.94. The Bertz CT molecular complexity index is 527. The van der Waals surface area contributed by atoms with Crippen LogP contribution in [-0.4, -0.2) is 23.4 Å². The largest absolute Gasteiger partial charge is 0.337 e. The Kier molecular flexibility index (Phi) is 3.82. The first kappa shape index (κ1) is 14.9. The first-order chi connectivity index (χ1) is 9.25. The van der Waals surface area contributed by atoms with Crippen LogP contribution in [0.25, 0.3) is 0 Å². The van der Waals surface area contributed by atoms with Gasteiger partial charge in [0.2, 0.25) is 5.91 Å². The summed E-state index contributed by atoms with van der Waals surface area (Å²) >= 11 is 0. The highest BCUT2D eigenvalue weighted by molar-refractivity contribution is 5.86. The average molecular weight is 282 g/mol. The van der Waals surface area contributed by atoms with Crippen molar-refractivity contribution in [3.8, 4) is 0 Å². The maximum atomic E-state index is 13.8. The first-order valence-electron chi connectivity index (χ1n) is 6.76. The molecule has 1 saturated carbocycles. The summed E-state index contributed by atoms with van der Waals surface area (Å²) < 4.78 is 27.0. The molecule has 0 aromatic heterocycles. The van der Waals surface area contributed by atoms with Gasteiger partial charge in [-0.05, 0) is 50.8 Å². The van der Waals surface area contributed by atoms with Crippen molar-refractivity contribution in [2.24, 2.45) is 11.7 Å². The van der Waals surface area contributed by atoms with Crippen molar-refractivity contribution >= 4 is 5.91 Å². The van der Waals surface area contributed by atoms with Gasteiger partial charge < -0.3 is 10.6 Å². The van der Waals surface area contributed by atoms with E-state index in [0.29, 0.717) is 0 Å². The van der Waals surface area contributed by atoms with Crippen LogP contribution in [-0.2, 0) is 4.79 Å². The van der Waals surface area contributed by atoms with Gasteiger partial charge in [-0.3, -0.25) is 4.79 Å². The van der Waals surface area contributed by atoms with Crippen LogP contribution in [0, 0.1) is 17.6 Å². The molecule has 1 aliphatic carbocycles. The van der Waals surface area contributed by atoms with E-state index in [-0.39, 0.29) is 17.4 Å². The quantitative estimate of drug-likeness (QED) is 0.922. The second-order valence-electron chi connectivity index (χ2n) is 5.81. The van der Waals surface area contributed by atoms with E-state index in [2.05, 4.69) is 0 Å². The molecule has 20 heavy (non-hydrogen) atoms. The van der Waals surface area contributed by atoms with E-state index in [1.165, 1.54) is 4.90 Å². The van der Waals surface area contributed by atoms with Crippen molar-refractivity contribution in [1.29, 1.82) is 0 Å². The Morgan fingerprint density at radius 2 is 2.05 bits per heavy atom. The van der Waals surface area contributed by atoms with E-state index in [1.807, 2.05) is 0 Å². The summed E-state index contributed by atoms with van der Waals surface area (Å²) in [7, 11) is 1.57. The monoisotopic (exact) mass is 282 g/mol. The number of carbonyl (C=O) groups is 1. The molecule has 0 heterocycles. The van der Waals surface area contributed by atoms with Crippen molar-refractivity contribution in [3.05, 3.63) is 35.4 Å². The molecule has 3 nitrogen and oxygen atoms in total. The fraction of sp³-hybridized carbons (Fsp3) is 0.533. The lowest BCUT2D eigenvalue weighted by Gasteiger charge is -2.33. The van der Waals surface area contributed by atoms with Crippen LogP contribution in [0.5, 0.6) is 0 Å². The summed E-state index contributed by atoms with van der Waals surface area (Å²) in [5.41, 5.74) is 5.31. The molecule has 1 amide bonds. The van der Waals surface area contributed by atoms with E-state index in [4.69, 9.17) is 5.73 Å². The molecular formula is C15H20F2N2O. The third-order valence-corrected chi connectivity index (χ3v) is 4.20. The fourth-order valence-corrected chi connectivity index (χ4v) is 2.46. The van der Waals surface area contributed by atoms with Crippen LogP contribution < -0.4 is 5.73 Å². The van der Waals surface area contributed by atoms with Gasteiger partial charge in [-0.1, -0.05) is 0 Å². The van der Waals surface area contributed by atoms with Crippen LogP contribution in [0.4, 0.5) is 8.78 Å². The Hall–Kier alpha value is -1.49. The standard InChI is InChI=1S/C15H20F2N2O/c1-9(12-8-11(16)6-7-13(12)17)19(3)14(20)15(2,18)10-4-5-10/h6-10H,4-5,18H2,1-3H3. The predicted octanol–water partition coefficient (Wildman–Crippen LogP) is 2.61. The maximum Gasteiger partial charge on any atom is 0.242 e. The van der Waals surface area contributed by atoms with E-state index >= 15 is 0 Å². The number of hydrogen-bond donors (Lipinski definition) is 1. The molecule has 2 unspecified atom stereocenters. The number of nitrogens with zero attached hydrogens (tertiary/aromatic N) is 1. The minimum atomic E-state index is -0.938. The van der Waals surface area contributed by atoms with Gasteiger partial charge in [0.25, 0.3) is 0 Å². The number of nitrogens with two attached hydrogens (primary N) is 1. The van der Waals surface area contributed by atoms with E-state index in [9.17, 15) is 13.6 Å². The highest BCUT2D eigenvalue weighted by atomic mass is 19.1. The molecule has 110 valence electrons. The van der Waals surface area contributed by atoms with Crippen LogP contribution >= 0.6 is 0 Å².